The quantitative estimate of drug-likeness (QED) is 0.448. The van der Waals surface area contributed by atoms with E-state index in [9.17, 15) is 0 Å². The second-order valence-corrected chi connectivity index (χ2v) is 8.27. The number of benzene rings is 3. The molecule has 0 amide bonds. The Morgan fingerprint density at radius 3 is 2.40 bits per heavy atom. The molecular weight excluding hydrogens is 444 g/mol. The molecule has 35 heavy (non-hydrogen) atoms. The van der Waals surface area contributed by atoms with Crippen molar-refractivity contribution in [2.24, 2.45) is 0 Å². The van der Waals surface area contributed by atoms with Crippen molar-refractivity contribution >= 4 is 11.6 Å². The number of hydrogen-bond acceptors (Lipinski definition) is 7. The summed E-state index contributed by atoms with van der Waals surface area (Å²) in [5.74, 6) is 3.56. The first-order chi connectivity index (χ1) is 17.2. The van der Waals surface area contributed by atoms with Gasteiger partial charge in [0.15, 0.2) is 11.5 Å². The van der Waals surface area contributed by atoms with E-state index in [2.05, 4.69) is 21.5 Å². The Bertz CT molecular complexity index is 1430. The molecule has 2 aliphatic heterocycles. The minimum atomic E-state index is -0.367. The Morgan fingerprint density at radius 1 is 0.857 bits per heavy atom. The number of aromatic nitrogens is 3. The van der Waals surface area contributed by atoms with Crippen molar-refractivity contribution in [3.63, 3.8) is 0 Å². The van der Waals surface area contributed by atoms with E-state index >= 15 is 0 Å². The van der Waals surface area contributed by atoms with Gasteiger partial charge in [0.05, 0.1) is 27.0 Å². The molecule has 0 radical (unpaired) electrons. The lowest BCUT2D eigenvalue weighted by molar-refractivity contribution is 0.223. The SMILES string of the molecule is COc1ccc([C@H]2Oc3ccccc3C3=C2[C@H](c2ccc(OC)c(OC)c2)n2ncnc2N3)cc1. The maximum atomic E-state index is 6.65. The Labute approximate surface area is 202 Å². The van der Waals surface area contributed by atoms with Crippen molar-refractivity contribution < 1.29 is 18.9 Å². The van der Waals surface area contributed by atoms with Gasteiger partial charge in [0.25, 0.3) is 0 Å². The van der Waals surface area contributed by atoms with Gasteiger partial charge in [-0.3, -0.25) is 0 Å². The van der Waals surface area contributed by atoms with Crippen LogP contribution in [0.2, 0.25) is 0 Å². The number of fused-ring (bicyclic) bond motifs is 3. The highest BCUT2D eigenvalue weighted by molar-refractivity contribution is 5.85. The molecule has 3 heterocycles. The molecule has 0 fully saturated rings. The molecule has 0 saturated heterocycles. The average Bonchev–Trinajstić information content (AvgIpc) is 3.39. The summed E-state index contributed by atoms with van der Waals surface area (Å²) in [5, 5.41) is 8.09. The van der Waals surface area contributed by atoms with Crippen LogP contribution in [0.3, 0.4) is 0 Å². The zero-order valence-corrected chi connectivity index (χ0v) is 19.6. The van der Waals surface area contributed by atoms with Crippen LogP contribution in [0, 0.1) is 0 Å². The first kappa shape index (κ1) is 21.1. The zero-order valence-electron chi connectivity index (χ0n) is 19.6. The van der Waals surface area contributed by atoms with Gasteiger partial charge in [-0.2, -0.15) is 10.1 Å². The minimum Gasteiger partial charge on any atom is -0.497 e. The number of nitrogens with one attached hydrogen (secondary N) is 1. The Hall–Kier alpha value is -4.46. The van der Waals surface area contributed by atoms with E-state index in [1.807, 2.05) is 65.3 Å². The van der Waals surface area contributed by atoms with Gasteiger partial charge in [-0.05, 0) is 47.5 Å². The van der Waals surface area contributed by atoms with Gasteiger partial charge < -0.3 is 24.3 Å². The van der Waals surface area contributed by atoms with Crippen LogP contribution in [0.1, 0.15) is 28.8 Å². The highest BCUT2D eigenvalue weighted by Crippen LogP contribution is 2.51. The van der Waals surface area contributed by atoms with E-state index in [0.29, 0.717) is 17.4 Å². The maximum absolute atomic E-state index is 6.65. The van der Waals surface area contributed by atoms with Crippen molar-refractivity contribution in [2.45, 2.75) is 12.1 Å². The third kappa shape index (κ3) is 3.37. The zero-order chi connectivity index (χ0) is 23.9. The lowest BCUT2D eigenvalue weighted by atomic mass is 9.84. The van der Waals surface area contributed by atoms with Crippen LogP contribution < -0.4 is 24.3 Å². The molecule has 8 nitrogen and oxygen atoms in total. The molecule has 1 N–H and O–H groups in total. The fourth-order valence-electron chi connectivity index (χ4n) is 4.81. The lowest BCUT2D eigenvalue weighted by Crippen LogP contribution is -2.32. The van der Waals surface area contributed by atoms with Gasteiger partial charge in [-0.25, -0.2) is 4.68 Å². The lowest BCUT2D eigenvalue weighted by Gasteiger charge is -2.39. The number of hydrogen-bond donors (Lipinski definition) is 1. The number of nitrogens with zero attached hydrogens (tertiary/aromatic N) is 3. The van der Waals surface area contributed by atoms with Gasteiger partial charge in [0.2, 0.25) is 5.95 Å². The van der Waals surface area contributed by atoms with E-state index in [4.69, 9.17) is 18.9 Å². The fourth-order valence-corrected chi connectivity index (χ4v) is 4.81. The standard InChI is InChI=1S/C27H24N4O4/c1-32-18-11-8-16(9-12-18)26-23-24(19-6-4-5-7-20(19)35-26)30-27-28-15-29-31(27)25(23)17-10-13-21(33-2)22(14-17)34-3/h4-15,25-26H,1-3H3,(H,28,29,30)/t25-,26+/m0/s1. The van der Waals surface area contributed by atoms with E-state index in [1.165, 1.54) is 0 Å². The minimum absolute atomic E-state index is 0.288. The van der Waals surface area contributed by atoms with Gasteiger partial charge in [-0.15, -0.1) is 0 Å². The highest BCUT2D eigenvalue weighted by Gasteiger charge is 2.41. The molecule has 2 atom stereocenters. The van der Waals surface area contributed by atoms with Gasteiger partial charge in [0.1, 0.15) is 30.0 Å². The number of rotatable bonds is 5. The predicted molar refractivity (Wildman–Crippen MR) is 131 cm³/mol. The number of para-hydroxylation sites is 1. The van der Waals surface area contributed by atoms with Gasteiger partial charge in [0, 0.05) is 11.1 Å². The first-order valence-electron chi connectivity index (χ1n) is 11.2. The average molecular weight is 469 g/mol. The second kappa shape index (κ2) is 8.39. The summed E-state index contributed by atoms with van der Waals surface area (Å²) >= 11 is 0. The van der Waals surface area contributed by atoms with Crippen LogP contribution in [0.5, 0.6) is 23.0 Å². The first-order valence-corrected chi connectivity index (χ1v) is 11.2. The molecule has 0 saturated carbocycles. The molecule has 0 aliphatic carbocycles. The van der Waals surface area contributed by atoms with Crippen LogP contribution in [0.4, 0.5) is 5.95 Å². The summed E-state index contributed by atoms with van der Waals surface area (Å²) in [6.07, 6.45) is 1.19. The molecule has 6 rings (SSSR count). The molecule has 2 aliphatic rings. The third-order valence-corrected chi connectivity index (χ3v) is 6.46. The monoisotopic (exact) mass is 468 g/mol. The van der Waals surface area contributed by atoms with Crippen molar-refractivity contribution in [3.8, 4) is 23.0 Å². The fraction of sp³-hybridized carbons (Fsp3) is 0.185. The Balaban J connectivity index is 1.59. The topological polar surface area (TPSA) is 79.7 Å². The maximum Gasteiger partial charge on any atom is 0.226 e. The summed E-state index contributed by atoms with van der Waals surface area (Å²) in [7, 11) is 4.92. The Morgan fingerprint density at radius 2 is 1.63 bits per heavy atom. The number of ether oxygens (including phenoxy) is 4. The molecule has 0 unspecified atom stereocenters. The van der Waals surface area contributed by atoms with Gasteiger partial charge >= 0.3 is 0 Å². The summed E-state index contributed by atoms with van der Waals surface area (Å²) in [5.41, 5.74) is 4.95. The molecule has 1 aromatic heterocycles. The molecule has 3 aromatic carbocycles. The molecular formula is C27H24N4O4. The second-order valence-electron chi connectivity index (χ2n) is 8.27. The van der Waals surface area contributed by atoms with Crippen molar-refractivity contribution in [1.82, 2.24) is 14.8 Å². The highest BCUT2D eigenvalue weighted by atomic mass is 16.5. The van der Waals surface area contributed by atoms with E-state index in [1.54, 1.807) is 27.7 Å². The van der Waals surface area contributed by atoms with Crippen molar-refractivity contribution in [2.75, 3.05) is 26.6 Å². The van der Waals surface area contributed by atoms with Crippen LogP contribution in [0.25, 0.3) is 5.70 Å². The molecule has 4 aromatic rings. The van der Waals surface area contributed by atoms with Crippen LogP contribution >= 0.6 is 0 Å². The number of methoxy groups -OCH3 is 3. The van der Waals surface area contributed by atoms with E-state index in [0.717, 1.165) is 39.5 Å². The molecule has 0 spiro atoms. The summed E-state index contributed by atoms with van der Waals surface area (Å²) in [6.45, 7) is 0. The van der Waals surface area contributed by atoms with Crippen LogP contribution in [-0.2, 0) is 0 Å². The predicted octanol–water partition coefficient (Wildman–Crippen LogP) is 4.86. The van der Waals surface area contributed by atoms with Crippen molar-refractivity contribution in [1.29, 1.82) is 0 Å². The van der Waals surface area contributed by atoms with E-state index < -0.39 is 0 Å². The molecule has 0 bridgehead atoms. The smallest absolute Gasteiger partial charge is 0.226 e. The van der Waals surface area contributed by atoms with Crippen LogP contribution in [0.15, 0.2) is 78.6 Å². The number of anilines is 1. The largest absolute Gasteiger partial charge is 0.497 e. The Kier molecular flexibility index (Phi) is 5.06. The third-order valence-electron chi connectivity index (χ3n) is 6.46. The summed E-state index contributed by atoms with van der Waals surface area (Å²) in [4.78, 5) is 4.49. The van der Waals surface area contributed by atoms with Gasteiger partial charge in [-0.1, -0.05) is 30.3 Å². The molecule has 8 heteroatoms. The normalized spacial score (nSPS) is 17.9. The summed E-state index contributed by atoms with van der Waals surface area (Å²) in [6, 6.07) is 21.6. The summed E-state index contributed by atoms with van der Waals surface area (Å²) < 4.78 is 25.0. The van der Waals surface area contributed by atoms with Crippen molar-refractivity contribution in [3.05, 3.63) is 95.3 Å². The van der Waals surface area contributed by atoms with Crippen LogP contribution in [-0.4, -0.2) is 36.1 Å². The van der Waals surface area contributed by atoms with E-state index in [-0.39, 0.29) is 12.1 Å². The molecule has 176 valence electrons.